The summed E-state index contributed by atoms with van der Waals surface area (Å²) >= 11 is 0. The topological polar surface area (TPSA) is 110 Å². The first-order valence-electron chi connectivity index (χ1n) is 9.12. The number of non-ortho nitro benzene ring substituents is 1. The lowest BCUT2D eigenvalue weighted by atomic mass is 9.95. The maximum Gasteiger partial charge on any atom is 0.295 e. The van der Waals surface area contributed by atoms with E-state index < -0.39 is 34.2 Å². The van der Waals surface area contributed by atoms with E-state index in [0.717, 1.165) is 0 Å². The van der Waals surface area contributed by atoms with Crippen LogP contribution in [0.1, 0.15) is 23.6 Å². The molecule has 0 radical (unpaired) electrons. The number of nitrogens with zero attached hydrogens (tertiary/aromatic N) is 2. The highest BCUT2D eigenvalue weighted by Crippen LogP contribution is 2.39. The number of nitro groups is 1. The number of hydrogen-bond donors (Lipinski definition) is 1. The summed E-state index contributed by atoms with van der Waals surface area (Å²) in [5.41, 5.74) is 0.276. The summed E-state index contributed by atoms with van der Waals surface area (Å²) in [6, 6.07) is 9.36. The molecule has 30 heavy (non-hydrogen) atoms. The smallest absolute Gasteiger partial charge is 0.295 e. The van der Waals surface area contributed by atoms with Crippen molar-refractivity contribution in [1.82, 2.24) is 4.90 Å². The molecule has 0 aliphatic carbocycles. The Labute approximate surface area is 171 Å². The van der Waals surface area contributed by atoms with E-state index in [1.165, 1.54) is 60.5 Å². The summed E-state index contributed by atoms with van der Waals surface area (Å²) in [4.78, 5) is 37.0. The molecule has 3 rings (SSSR count). The molecular weight excluding hydrogens is 395 g/mol. The second-order valence-electron chi connectivity index (χ2n) is 6.69. The number of nitro benzene ring substituents is 1. The second-order valence-corrected chi connectivity index (χ2v) is 6.69. The Morgan fingerprint density at radius 3 is 2.37 bits per heavy atom. The van der Waals surface area contributed by atoms with Gasteiger partial charge in [0.1, 0.15) is 11.6 Å². The van der Waals surface area contributed by atoms with Crippen molar-refractivity contribution in [2.45, 2.75) is 12.5 Å². The van der Waals surface area contributed by atoms with Gasteiger partial charge >= 0.3 is 0 Å². The van der Waals surface area contributed by atoms with E-state index in [1.54, 1.807) is 0 Å². The van der Waals surface area contributed by atoms with E-state index in [4.69, 9.17) is 4.74 Å². The molecule has 2 aromatic rings. The zero-order chi connectivity index (χ0) is 21.8. The van der Waals surface area contributed by atoms with Crippen LogP contribution >= 0.6 is 0 Å². The fourth-order valence-electron chi connectivity index (χ4n) is 3.38. The van der Waals surface area contributed by atoms with E-state index in [2.05, 4.69) is 0 Å². The van der Waals surface area contributed by atoms with Gasteiger partial charge in [-0.05, 0) is 36.2 Å². The van der Waals surface area contributed by atoms with E-state index >= 15 is 0 Å². The molecule has 1 N–H and O–H groups in total. The van der Waals surface area contributed by atoms with Gasteiger partial charge in [-0.2, -0.15) is 0 Å². The molecule has 1 atom stereocenters. The Morgan fingerprint density at radius 1 is 1.17 bits per heavy atom. The zero-order valence-electron chi connectivity index (χ0n) is 16.1. The first-order chi connectivity index (χ1) is 14.3. The van der Waals surface area contributed by atoms with Gasteiger partial charge in [0, 0.05) is 38.0 Å². The molecule has 1 heterocycles. The number of hydrogen-bond acceptors (Lipinski definition) is 6. The Morgan fingerprint density at radius 2 is 1.80 bits per heavy atom. The molecule has 1 saturated heterocycles. The van der Waals surface area contributed by atoms with Crippen LogP contribution in [-0.4, -0.2) is 46.9 Å². The predicted octanol–water partition coefficient (Wildman–Crippen LogP) is 3.19. The van der Waals surface area contributed by atoms with Crippen molar-refractivity contribution >= 4 is 23.1 Å². The first kappa shape index (κ1) is 21.1. The van der Waals surface area contributed by atoms with Crippen molar-refractivity contribution in [3.63, 3.8) is 0 Å². The number of ketones is 1. The van der Waals surface area contributed by atoms with Gasteiger partial charge in [0.15, 0.2) is 0 Å². The summed E-state index contributed by atoms with van der Waals surface area (Å²) in [6.45, 7) is 0.555. The quantitative estimate of drug-likeness (QED) is 0.186. The van der Waals surface area contributed by atoms with Crippen molar-refractivity contribution < 1.29 is 28.7 Å². The lowest BCUT2D eigenvalue weighted by Gasteiger charge is -2.25. The number of likely N-dealkylation sites (tertiary alicyclic amines) is 1. The number of carbonyl (C=O) groups is 2. The minimum Gasteiger partial charge on any atom is -0.507 e. The van der Waals surface area contributed by atoms with Crippen LogP contribution in [0.2, 0.25) is 0 Å². The Bertz CT molecular complexity index is 1000. The maximum absolute atomic E-state index is 13.4. The molecule has 0 saturated carbocycles. The zero-order valence-corrected chi connectivity index (χ0v) is 16.1. The Hall–Kier alpha value is -3.59. The van der Waals surface area contributed by atoms with Gasteiger partial charge in [0.25, 0.3) is 17.4 Å². The normalized spacial score (nSPS) is 18.1. The van der Waals surface area contributed by atoms with Crippen molar-refractivity contribution in [2.75, 3.05) is 20.3 Å². The van der Waals surface area contributed by atoms with E-state index in [0.29, 0.717) is 18.6 Å². The van der Waals surface area contributed by atoms with E-state index in [1.807, 2.05) is 0 Å². The number of carbonyl (C=O) groups excluding carboxylic acids is 2. The average Bonchev–Trinajstić information content (AvgIpc) is 2.99. The lowest BCUT2D eigenvalue weighted by Crippen LogP contribution is -2.31. The summed E-state index contributed by atoms with van der Waals surface area (Å²) in [7, 11) is 1.51. The molecule has 156 valence electrons. The Kier molecular flexibility index (Phi) is 6.22. The molecule has 8 nitrogen and oxygen atoms in total. The average molecular weight is 414 g/mol. The van der Waals surface area contributed by atoms with Gasteiger partial charge in [0.05, 0.1) is 16.5 Å². The number of aliphatic hydroxyl groups excluding tert-OH is 1. The molecule has 1 unspecified atom stereocenters. The number of rotatable bonds is 7. The number of amides is 1. The van der Waals surface area contributed by atoms with E-state index in [-0.39, 0.29) is 23.4 Å². The van der Waals surface area contributed by atoms with Crippen LogP contribution in [0.3, 0.4) is 0 Å². The highest BCUT2D eigenvalue weighted by atomic mass is 19.1. The van der Waals surface area contributed by atoms with Crippen LogP contribution in [0.4, 0.5) is 10.1 Å². The van der Waals surface area contributed by atoms with Gasteiger partial charge < -0.3 is 14.7 Å². The lowest BCUT2D eigenvalue weighted by molar-refractivity contribution is -0.384. The second kappa shape index (κ2) is 8.83. The highest BCUT2D eigenvalue weighted by molar-refractivity contribution is 6.46. The molecule has 9 heteroatoms. The van der Waals surface area contributed by atoms with Crippen LogP contribution in [0.15, 0.2) is 54.1 Å². The molecule has 0 bridgehead atoms. The van der Waals surface area contributed by atoms with Gasteiger partial charge in [-0.1, -0.05) is 12.1 Å². The SMILES string of the molecule is COCCCN1C(=O)C(=O)/C(=C(\O)c2ccc([N+](=O)[O-])cc2)C1c1ccc(F)cc1. The fourth-order valence-corrected chi connectivity index (χ4v) is 3.38. The third-order valence-electron chi connectivity index (χ3n) is 4.82. The molecule has 2 aromatic carbocycles. The van der Waals surface area contributed by atoms with Crippen molar-refractivity contribution in [2.24, 2.45) is 0 Å². The number of Topliss-reactive ketones (excluding diaryl/α,β-unsaturated/α-hetero) is 1. The molecule has 1 aliphatic heterocycles. The highest BCUT2D eigenvalue weighted by Gasteiger charge is 2.45. The fraction of sp³-hybridized carbons (Fsp3) is 0.238. The number of halogens is 1. The van der Waals surface area contributed by atoms with Gasteiger partial charge in [-0.25, -0.2) is 4.39 Å². The van der Waals surface area contributed by atoms with Crippen molar-refractivity contribution in [3.05, 3.63) is 81.2 Å². The molecular formula is C21H19FN2O6. The monoisotopic (exact) mass is 414 g/mol. The predicted molar refractivity (Wildman–Crippen MR) is 105 cm³/mol. The third kappa shape index (κ3) is 4.06. The van der Waals surface area contributed by atoms with E-state index in [9.17, 15) is 29.2 Å². The number of methoxy groups -OCH3 is 1. The van der Waals surface area contributed by atoms with Gasteiger partial charge in [-0.3, -0.25) is 19.7 Å². The molecule has 0 spiro atoms. The minimum atomic E-state index is -0.919. The van der Waals surface area contributed by atoms with Crippen LogP contribution in [0.25, 0.3) is 5.76 Å². The third-order valence-corrected chi connectivity index (χ3v) is 4.82. The summed E-state index contributed by atoms with van der Waals surface area (Å²) in [6.07, 6.45) is 0.457. The number of benzene rings is 2. The molecule has 1 amide bonds. The summed E-state index contributed by atoms with van der Waals surface area (Å²) in [5.74, 6) is -2.60. The van der Waals surface area contributed by atoms with Crippen LogP contribution in [0.5, 0.6) is 0 Å². The van der Waals surface area contributed by atoms with Gasteiger partial charge in [-0.15, -0.1) is 0 Å². The summed E-state index contributed by atoms with van der Waals surface area (Å²) < 4.78 is 18.4. The standard InChI is InChI=1S/C21H19FN2O6/c1-30-12-2-11-23-18(13-3-7-15(22)8-4-13)17(20(26)21(23)27)19(25)14-5-9-16(10-6-14)24(28)29/h3-10,18,25H,2,11-12H2,1H3/b19-17-. The summed E-state index contributed by atoms with van der Waals surface area (Å²) in [5, 5.41) is 21.7. The Balaban J connectivity index is 2.09. The van der Waals surface area contributed by atoms with Crippen molar-refractivity contribution in [3.8, 4) is 0 Å². The maximum atomic E-state index is 13.4. The van der Waals surface area contributed by atoms with Crippen molar-refractivity contribution in [1.29, 1.82) is 0 Å². The molecule has 1 fully saturated rings. The van der Waals surface area contributed by atoms with Crippen LogP contribution in [0, 0.1) is 15.9 Å². The minimum absolute atomic E-state index is 0.155. The van der Waals surface area contributed by atoms with Crippen LogP contribution in [-0.2, 0) is 14.3 Å². The van der Waals surface area contributed by atoms with Gasteiger partial charge in [0.2, 0.25) is 0 Å². The van der Waals surface area contributed by atoms with Crippen LogP contribution < -0.4 is 0 Å². The number of aliphatic hydroxyl groups is 1. The largest absolute Gasteiger partial charge is 0.507 e. The molecule has 0 aromatic heterocycles. The molecule has 1 aliphatic rings. The number of ether oxygens (including phenoxy) is 1. The first-order valence-corrected chi connectivity index (χ1v) is 9.12.